The number of hydrogen-bond donors (Lipinski definition) is 2. The molecule has 0 bridgehead atoms. The van der Waals surface area contributed by atoms with Crippen LogP contribution in [0.2, 0.25) is 0 Å². The molecule has 2 N–H and O–H groups in total. The Morgan fingerprint density at radius 3 is 2.79 bits per heavy atom. The first-order valence-corrected chi connectivity index (χ1v) is 6.21. The fourth-order valence-electron chi connectivity index (χ4n) is 1.59. The highest BCUT2D eigenvalue weighted by atomic mass is 16.3. The maximum absolute atomic E-state index is 11.8. The molecule has 5 nitrogen and oxygen atoms in total. The molecule has 0 radical (unpaired) electrons. The summed E-state index contributed by atoms with van der Waals surface area (Å²) in [4.78, 5) is 11.8. The van der Waals surface area contributed by atoms with Crippen molar-refractivity contribution < 1.29 is 9.90 Å². The lowest BCUT2D eigenvalue weighted by Crippen LogP contribution is -2.29. The zero-order valence-corrected chi connectivity index (χ0v) is 10.8. The number of carbonyl (C=O) groups excluding carboxylic acids is 1. The molecule has 1 aromatic heterocycles. The predicted molar refractivity (Wildman–Crippen MR) is 72.1 cm³/mol. The molecule has 1 amide bonds. The highest BCUT2D eigenvalue weighted by molar-refractivity contribution is 5.92. The molecule has 19 heavy (non-hydrogen) atoms. The van der Waals surface area contributed by atoms with E-state index in [0.29, 0.717) is 12.2 Å². The number of rotatable bonds is 5. The predicted octanol–water partition coefficient (Wildman–Crippen LogP) is 1.23. The van der Waals surface area contributed by atoms with Gasteiger partial charge in [-0.1, -0.05) is 25.1 Å². The summed E-state index contributed by atoms with van der Waals surface area (Å²) in [5.41, 5.74) is 1.28. The molecular formula is C14H17N3O2. The molecule has 0 saturated carbocycles. The molecule has 100 valence electrons. The van der Waals surface area contributed by atoms with Gasteiger partial charge >= 0.3 is 0 Å². The van der Waals surface area contributed by atoms with Crippen LogP contribution in [-0.2, 0) is 0 Å². The first kappa shape index (κ1) is 13.3. The number of para-hydroxylation sites is 1. The van der Waals surface area contributed by atoms with E-state index in [1.165, 1.54) is 0 Å². The van der Waals surface area contributed by atoms with E-state index in [-0.39, 0.29) is 18.4 Å². The van der Waals surface area contributed by atoms with Crippen LogP contribution in [0.15, 0.2) is 42.6 Å². The van der Waals surface area contributed by atoms with Crippen LogP contribution in [0.1, 0.15) is 17.4 Å². The van der Waals surface area contributed by atoms with Crippen LogP contribution in [0, 0.1) is 5.92 Å². The topological polar surface area (TPSA) is 67.2 Å². The Kier molecular flexibility index (Phi) is 4.30. The fraction of sp³-hybridized carbons (Fsp3) is 0.286. The van der Waals surface area contributed by atoms with E-state index < -0.39 is 0 Å². The maximum Gasteiger partial charge on any atom is 0.271 e. The van der Waals surface area contributed by atoms with Crippen LogP contribution in [0.25, 0.3) is 5.69 Å². The second kappa shape index (κ2) is 6.15. The summed E-state index contributed by atoms with van der Waals surface area (Å²) >= 11 is 0. The van der Waals surface area contributed by atoms with E-state index in [1.54, 1.807) is 16.9 Å². The third-order valence-electron chi connectivity index (χ3n) is 2.77. The molecule has 0 saturated heterocycles. The van der Waals surface area contributed by atoms with Crippen molar-refractivity contribution in [1.29, 1.82) is 0 Å². The van der Waals surface area contributed by atoms with Crippen LogP contribution in [0.3, 0.4) is 0 Å². The zero-order valence-electron chi connectivity index (χ0n) is 10.8. The average molecular weight is 259 g/mol. The zero-order chi connectivity index (χ0) is 13.7. The van der Waals surface area contributed by atoms with Gasteiger partial charge in [0.25, 0.3) is 5.91 Å². The van der Waals surface area contributed by atoms with Crippen molar-refractivity contribution in [1.82, 2.24) is 15.1 Å². The number of aromatic nitrogens is 2. The first-order valence-electron chi connectivity index (χ1n) is 6.21. The molecule has 1 aromatic carbocycles. The molecule has 0 aliphatic carbocycles. The molecule has 0 fully saturated rings. The van der Waals surface area contributed by atoms with Crippen molar-refractivity contribution in [2.45, 2.75) is 6.92 Å². The summed E-state index contributed by atoms with van der Waals surface area (Å²) in [7, 11) is 0. The minimum Gasteiger partial charge on any atom is -0.396 e. The van der Waals surface area contributed by atoms with Gasteiger partial charge in [0.15, 0.2) is 5.69 Å². The lowest BCUT2D eigenvalue weighted by molar-refractivity contribution is 0.0937. The number of aliphatic hydroxyl groups excluding tert-OH is 1. The van der Waals surface area contributed by atoms with E-state index in [2.05, 4.69) is 10.4 Å². The van der Waals surface area contributed by atoms with Crippen molar-refractivity contribution in [3.05, 3.63) is 48.3 Å². The van der Waals surface area contributed by atoms with E-state index in [0.717, 1.165) is 5.69 Å². The van der Waals surface area contributed by atoms with E-state index in [1.807, 2.05) is 37.3 Å². The second-order valence-corrected chi connectivity index (χ2v) is 4.48. The summed E-state index contributed by atoms with van der Waals surface area (Å²) in [5, 5.41) is 15.9. The Morgan fingerprint density at radius 2 is 2.11 bits per heavy atom. The van der Waals surface area contributed by atoms with Gasteiger partial charge in [-0.05, 0) is 24.1 Å². The van der Waals surface area contributed by atoms with Crippen molar-refractivity contribution >= 4 is 5.91 Å². The number of nitrogens with one attached hydrogen (secondary N) is 1. The summed E-state index contributed by atoms with van der Waals surface area (Å²) in [6.07, 6.45) is 1.75. The lowest BCUT2D eigenvalue weighted by Gasteiger charge is -2.08. The summed E-state index contributed by atoms with van der Waals surface area (Å²) in [6.45, 7) is 2.36. The fourth-order valence-corrected chi connectivity index (χ4v) is 1.59. The Labute approximate surface area is 111 Å². The number of benzene rings is 1. The van der Waals surface area contributed by atoms with Crippen molar-refractivity contribution in [2.24, 2.45) is 5.92 Å². The van der Waals surface area contributed by atoms with Gasteiger partial charge < -0.3 is 10.4 Å². The molecule has 1 atom stereocenters. The molecule has 1 unspecified atom stereocenters. The van der Waals surface area contributed by atoms with Gasteiger partial charge in [0.1, 0.15) is 0 Å². The van der Waals surface area contributed by atoms with Gasteiger partial charge in [-0.3, -0.25) is 4.79 Å². The quantitative estimate of drug-likeness (QED) is 0.848. The number of nitrogens with zero attached hydrogens (tertiary/aromatic N) is 2. The average Bonchev–Trinajstić information content (AvgIpc) is 2.95. The Bertz CT molecular complexity index is 537. The van der Waals surface area contributed by atoms with Crippen LogP contribution >= 0.6 is 0 Å². The Hall–Kier alpha value is -2.14. The van der Waals surface area contributed by atoms with Crippen LogP contribution in [0.5, 0.6) is 0 Å². The molecule has 0 aliphatic rings. The van der Waals surface area contributed by atoms with Gasteiger partial charge in [-0.15, -0.1) is 0 Å². The summed E-state index contributed by atoms with van der Waals surface area (Å²) < 4.78 is 1.66. The monoisotopic (exact) mass is 259 g/mol. The third-order valence-corrected chi connectivity index (χ3v) is 2.77. The number of carbonyl (C=O) groups is 1. The molecule has 0 spiro atoms. The van der Waals surface area contributed by atoms with Gasteiger partial charge in [0.05, 0.1) is 5.69 Å². The second-order valence-electron chi connectivity index (χ2n) is 4.48. The van der Waals surface area contributed by atoms with E-state index in [4.69, 9.17) is 5.11 Å². The largest absolute Gasteiger partial charge is 0.396 e. The highest BCUT2D eigenvalue weighted by Gasteiger charge is 2.10. The molecule has 0 aliphatic heterocycles. The first-order chi connectivity index (χ1) is 9.20. The Morgan fingerprint density at radius 1 is 1.37 bits per heavy atom. The van der Waals surface area contributed by atoms with Crippen LogP contribution in [0.4, 0.5) is 0 Å². The highest BCUT2D eigenvalue weighted by Crippen LogP contribution is 2.06. The Balaban J connectivity index is 2.03. The smallest absolute Gasteiger partial charge is 0.271 e. The lowest BCUT2D eigenvalue weighted by atomic mass is 10.2. The summed E-state index contributed by atoms with van der Waals surface area (Å²) in [5.74, 6) is -0.185. The normalized spacial score (nSPS) is 12.1. The maximum atomic E-state index is 11.8. The minimum atomic E-state index is -0.227. The van der Waals surface area contributed by atoms with Gasteiger partial charge in [0.2, 0.25) is 0 Å². The van der Waals surface area contributed by atoms with Crippen LogP contribution < -0.4 is 5.32 Å². The van der Waals surface area contributed by atoms with Gasteiger partial charge in [-0.25, -0.2) is 4.68 Å². The SMILES string of the molecule is CC(CO)CNC(=O)c1ccn(-c2ccccc2)n1. The molecule has 1 heterocycles. The van der Waals surface area contributed by atoms with Crippen molar-refractivity contribution in [2.75, 3.05) is 13.2 Å². The van der Waals surface area contributed by atoms with E-state index in [9.17, 15) is 4.79 Å². The molecule has 2 aromatic rings. The van der Waals surface area contributed by atoms with Crippen molar-refractivity contribution in [3.63, 3.8) is 0 Å². The van der Waals surface area contributed by atoms with Gasteiger partial charge in [0, 0.05) is 19.3 Å². The molecule has 5 heteroatoms. The summed E-state index contributed by atoms with van der Waals surface area (Å²) in [6, 6.07) is 11.3. The molecule has 2 rings (SSSR count). The van der Waals surface area contributed by atoms with Crippen LogP contribution in [-0.4, -0.2) is 33.9 Å². The third kappa shape index (κ3) is 3.42. The molecular weight excluding hydrogens is 242 g/mol. The standard InChI is InChI=1S/C14H17N3O2/c1-11(10-18)9-15-14(19)13-7-8-17(16-13)12-5-3-2-4-6-12/h2-8,11,18H,9-10H2,1H3,(H,15,19). The number of hydrogen-bond acceptors (Lipinski definition) is 3. The van der Waals surface area contributed by atoms with Gasteiger partial charge in [-0.2, -0.15) is 5.10 Å². The van der Waals surface area contributed by atoms with E-state index >= 15 is 0 Å². The number of amides is 1. The van der Waals surface area contributed by atoms with Crippen molar-refractivity contribution in [3.8, 4) is 5.69 Å². The number of aliphatic hydroxyl groups is 1. The minimum absolute atomic E-state index is 0.0418.